The van der Waals surface area contributed by atoms with Crippen molar-refractivity contribution in [2.75, 3.05) is 0 Å². The molecule has 1 aromatic heterocycles. The molecule has 2 aromatic carbocycles. The molecular formula is C22H18N2O3. The Morgan fingerprint density at radius 2 is 1.67 bits per heavy atom. The number of ketones is 1. The first kappa shape index (κ1) is 18.2. The minimum absolute atomic E-state index is 0.00888. The molecule has 0 saturated carbocycles. The van der Waals surface area contributed by atoms with Crippen molar-refractivity contribution >= 4 is 5.78 Å². The van der Waals surface area contributed by atoms with Crippen molar-refractivity contribution in [2.24, 2.45) is 0 Å². The fourth-order valence-electron chi connectivity index (χ4n) is 3.05. The van der Waals surface area contributed by atoms with Crippen molar-refractivity contribution in [1.29, 1.82) is 5.26 Å². The number of nitrogens with zero attached hydrogens (tertiary/aromatic N) is 2. The lowest BCUT2D eigenvalue weighted by atomic mass is 9.97. The highest BCUT2D eigenvalue weighted by atomic mass is 16.3. The van der Waals surface area contributed by atoms with E-state index in [4.69, 9.17) is 0 Å². The SMILES string of the molecule is Cc1c(C(=O)c2ccccc2)c(O)n(CCc2ccccc2)c(=O)c1C#N. The zero-order chi connectivity index (χ0) is 19.4. The van der Waals surface area contributed by atoms with E-state index in [-0.39, 0.29) is 23.2 Å². The monoisotopic (exact) mass is 358 g/mol. The summed E-state index contributed by atoms with van der Waals surface area (Å²) in [7, 11) is 0. The lowest BCUT2D eigenvalue weighted by Gasteiger charge is -2.15. The summed E-state index contributed by atoms with van der Waals surface area (Å²) in [6, 6.07) is 19.9. The van der Waals surface area contributed by atoms with Crippen LogP contribution in [0, 0.1) is 18.3 Å². The first-order valence-corrected chi connectivity index (χ1v) is 8.54. The van der Waals surface area contributed by atoms with E-state index in [2.05, 4.69) is 0 Å². The third-order valence-corrected chi connectivity index (χ3v) is 4.53. The van der Waals surface area contributed by atoms with Crippen LogP contribution in [0.4, 0.5) is 0 Å². The third-order valence-electron chi connectivity index (χ3n) is 4.53. The Labute approximate surface area is 156 Å². The average molecular weight is 358 g/mol. The summed E-state index contributed by atoms with van der Waals surface area (Å²) >= 11 is 0. The van der Waals surface area contributed by atoms with Crippen LogP contribution in [-0.4, -0.2) is 15.5 Å². The number of rotatable bonds is 5. The summed E-state index contributed by atoms with van der Waals surface area (Å²) in [5.74, 6) is -0.822. The number of pyridine rings is 1. The van der Waals surface area contributed by atoms with E-state index >= 15 is 0 Å². The lowest BCUT2D eigenvalue weighted by molar-refractivity contribution is 0.103. The van der Waals surface area contributed by atoms with Gasteiger partial charge in [-0.3, -0.25) is 14.2 Å². The summed E-state index contributed by atoms with van der Waals surface area (Å²) in [5, 5.41) is 20.1. The number of hydrogen-bond donors (Lipinski definition) is 1. The molecule has 0 radical (unpaired) electrons. The van der Waals surface area contributed by atoms with Gasteiger partial charge in [-0.1, -0.05) is 60.7 Å². The van der Waals surface area contributed by atoms with Crippen molar-refractivity contribution < 1.29 is 9.90 Å². The Kier molecular flexibility index (Phi) is 5.18. The van der Waals surface area contributed by atoms with Crippen LogP contribution in [0.1, 0.15) is 32.6 Å². The Bertz CT molecular complexity index is 1080. The highest BCUT2D eigenvalue weighted by Gasteiger charge is 2.24. The molecule has 0 bridgehead atoms. The van der Waals surface area contributed by atoms with Gasteiger partial charge in [-0.2, -0.15) is 5.26 Å². The molecule has 0 unspecified atom stereocenters. The molecule has 0 spiro atoms. The first-order valence-electron chi connectivity index (χ1n) is 8.54. The van der Waals surface area contributed by atoms with Gasteiger partial charge in [0.15, 0.2) is 5.78 Å². The zero-order valence-corrected chi connectivity index (χ0v) is 14.8. The Morgan fingerprint density at radius 3 is 2.26 bits per heavy atom. The maximum atomic E-state index is 12.9. The maximum absolute atomic E-state index is 12.9. The Morgan fingerprint density at radius 1 is 1.07 bits per heavy atom. The van der Waals surface area contributed by atoms with Crippen molar-refractivity contribution in [3.05, 3.63) is 98.8 Å². The van der Waals surface area contributed by atoms with Crippen molar-refractivity contribution in [3.8, 4) is 11.9 Å². The molecule has 27 heavy (non-hydrogen) atoms. The molecule has 5 nitrogen and oxygen atoms in total. The largest absolute Gasteiger partial charge is 0.494 e. The molecule has 1 heterocycles. The highest BCUT2D eigenvalue weighted by Crippen LogP contribution is 2.25. The minimum Gasteiger partial charge on any atom is -0.494 e. The van der Waals surface area contributed by atoms with Gasteiger partial charge in [0.05, 0.1) is 5.56 Å². The lowest BCUT2D eigenvalue weighted by Crippen LogP contribution is -2.27. The van der Waals surface area contributed by atoms with E-state index < -0.39 is 17.2 Å². The summed E-state index contributed by atoms with van der Waals surface area (Å²) in [5.41, 5.74) is 0.843. The molecule has 3 aromatic rings. The molecule has 0 amide bonds. The number of aromatic nitrogens is 1. The number of aromatic hydroxyl groups is 1. The van der Waals surface area contributed by atoms with E-state index in [9.17, 15) is 20.0 Å². The second-order valence-corrected chi connectivity index (χ2v) is 6.20. The molecule has 0 saturated heterocycles. The topological polar surface area (TPSA) is 83.1 Å². The van der Waals surface area contributed by atoms with Gasteiger partial charge >= 0.3 is 0 Å². The van der Waals surface area contributed by atoms with E-state index in [1.165, 1.54) is 6.92 Å². The first-order chi connectivity index (χ1) is 13.0. The van der Waals surface area contributed by atoms with Crippen LogP contribution in [0.2, 0.25) is 0 Å². The molecule has 0 fully saturated rings. The number of carbonyl (C=O) groups is 1. The van der Waals surface area contributed by atoms with Gasteiger partial charge in [-0.15, -0.1) is 0 Å². The number of hydrogen-bond acceptors (Lipinski definition) is 4. The molecule has 0 aliphatic heterocycles. The van der Waals surface area contributed by atoms with Crippen LogP contribution >= 0.6 is 0 Å². The number of aryl methyl sites for hydroxylation is 1. The van der Waals surface area contributed by atoms with Crippen molar-refractivity contribution in [1.82, 2.24) is 4.57 Å². The molecule has 0 aliphatic rings. The van der Waals surface area contributed by atoms with E-state index in [1.807, 2.05) is 36.4 Å². The number of carbonyl (C=O) groups excluding carboxylic acids is 1. The molecular weight excluding hydrogens is 340 g/mol. The number of benzene rings is 2. The predicted octanol–water partition coefficient (Wildman–Crippen LogP) is 3.21. The van der Waals surface area contributed by atoms with Gasteiger partial charge in [0, 0.05) is 12.1 Å². The van der Waals surface area contributed by atoms with Gasteiger partial charge < -0.3 is 5.11 Å². The van der Waals surface area contributed by atoms with Crippen molar-refractivity contribution in [2.45, 2.75) is 19.9 Å². The van der Waals surface area contributed by atoms with Gasteiger partial charge in [0.1, 0.15) is 11.6 Å². The van der Waals surface area contributed by atoms with Crippen LogP contribution in [0.5, 0.6) is 5.88 Å². The number of nitriles is 1. The van der Waals surface area contributed by atoms with E-state index in [0.29, 0.717) is 12.0 Å². The Balaban J connectivity index is 2.10. The van der Waals surface area contributed by atoms with Gasteiger partial charge in [-0.05, 0) is 24.5 Å². The predicted molar refractivity (Wildman–Crippen MR) is 102 cm³/mol. The van der Waals surface area contributed by atoms with E-state index in [1.54, 1.807) is 30.3 Å². The fraction of sp³-hybridized carbons (Fsp3) is 0.136. The van der Waals surface area contributed by atoms with Gasteiger partial charge in [0.25, 0.3) is 5.56 Å². The maximum Gasteiger partial charge on any atom is 0.271 e. The summed E-state index contributed by atoms with van der Waals surface area (Å²) in [6.07, 6.45) is 0.487. The van der Waals surface area contributed by atoms with Crippen LogP contribution in [0.3, 0.4) is 0 Å². The molecule has 5 heteroatoms. The molecule has 0 aliphatic carbocycles. The molecule has 0 atom stereocenters. The van der Waals surface area contributed by atoms with Gasteiger partial charge in [0.2, 0.25) is 5.88 Å². The summed E-state index contributed by atoms with van der Waals surface area (Å²) < 4.78 is 1.11. The van der Waals surface area contributed by atoms with Crippen LogP contribution in [0.15, 0.2) is 65.5 Å². The highest BCUT2D eigenvalue weighted by molar-refractivity contribution is 6.11. The molecule has 134 valence electrons. The van der Waals surface area contributed by atoms with E-state index in [0.717, 1.165) is 10.1 Å². The standard InChI is InChI=1S/C22H18N2O3/c1-15-18(14-23)21(26)24(13-12-16-8-4-2-5-9-16)22(27)19(15)20(25)17-10-6-3-7-11-17/h2-11,27H,12-13H2,1H3. The van der Waals surface area contributed by atoms with Gasteiger partial charge in [-0.25, -0.2) is 0 Å². The van der Waals surface area contributed by atoms with Crippen molar-refractivity contribution in [3.63, 3.8) is 0 Å². The smallest absolute Gasteiger partial charge is 0.271 e. The second kappa shape index (κ2) is 7.71. The zero-order valence-electron chi connectivity index (χ0n) is 14.8. The third kappa shape index (κ3) is 3.51. The molecule has 3 rings (SSSR count). The average Bonchev–Trinajstić information content (AvgIpc) is 2.69. The van der Waals surface area contributed by atoms with Crippen LogP contribution < -0.4 is 5.56 Å². The Hall–Kier alpha value is -3.65. The summed E-state index contributed by atoms with van der Waals surface area (Å²) in [6.45, 7) is 1.68. The van der Waals surface area contributed by atoms with Crippen LogP contribution in [-0.2, 0) is 13.0 Å². The quantitative estimate of drug-likeness (QED) is 0.710. The fourth-order valence-corrected chi connectivity index (χ4v) is 3.05. The summed E-state index contributed by atoms with van der Waals surface area (Å²) in [4.78, 5) is 25.6. The molecule has 1 N–H and O–H groups in total. The normalized spacial score (nSPS) is 10.4. The van der Waals surface area contributed by atoms with Crippen LogP contribution in [0.25, 0.3) is 0 Å². The minimum atomic E-state index is -0.590. The second-order valence-electron chi connectivity index (χ2n) is 6.20.